The van der Waals surface area contributed by atoms with Gasteiger partial charge in [0.15, 0.2) is 5.78 Å². The third-order valence-corrected chi connectivity index (χ3v) is 1.30. The largest absolute Gasteiger partial charge is 0.298 e. The highest BCUT2D eigenvalue weighted by atomic mass is 16.1. The smallest absolute Gasteiger partial charge is 0.155 e. The van der Waals surface area contributed by atoms with E-state index in [2.05, 4.69) is 0 Å². The van der Waals surface area contributed by atoms with E-state index < -0.39 is 0 Å². The molecule has 0 radical (unpaired) electrons. The van der Waals surface area contributed by atoms with Crippen LogP contribution in [0, 0.1) is 0 Å². The summed E-state index contributed by atoms with van der Waals surface area (Å²) in [7, 11) is 0. The van der Waals surface area contributed by atoms with Gasteiger partial charge in [0.25, 0.3) is 0 Å². The molecule has 0 unspecified atom stereocenters. The third-order valence-electron chi connectivity index (χ3n) is 1.30. The molecular formula is C7H10O2. The summed E-state index contributed by atoms with van der Waals surface area (Å²) in [4.78, 5) is 20.6. The monoisotopic (exact) mass is 126 g/mol. The Labute approximate surface area is 54.6 Å². The Hall–Kier alpha value is -0.920. The van der Waals surface area contributed by atoms with Crippen LogP contribution in [0.2, 0.25) is 0 Å². The van der Waals surface area contributed by atoms with Gasteiger partial charge in [-0.05, 0) is 31.9 Å². The fraction of sp³-hybridized carbons (Fsp3) is 0.429. The summed E-state index contributed by atoms with van der Waals surface area (Å²) in [5.74, 6) is -0.0420. The molecule has 2 nitrogen and oxygen atoms in total. The van der Waals surface area contributed by atoms with Crippen LogP contribution in [0.1, 0.15) is 20.8 Å². The lowest BCUT2D eigenvalue weighted by atomic mass is 10.1. The fourth-order valence-corrected chi connectivity index (χ4v) is 0.366. The van der Waals surface area contributed by atoms with Gasteiger partial charge in [-0.1, -0.05) is 0 Å². The van der Waals surface area contributed by atoms with Crippen LogP contribution in [0.5, 0.6) is 0 Å². The molecule has 0 aliphatic rings. The lowest BCUT2D eigenvalue weighted by Gasteiger charge is -1.93. The molecule has 0 rings (SSSR count). The van der Waals surface area contributed by atoms with Crippen molar-refractivity contribution in [3.63, 3.8) is 0 Å². The summed E-state index contributed by atoms with van der Waals surface area (Å²) in [5.41, 5.74) is 1.06. The van der Waals surface area contributed by atoms with Crippen molar-refractivity contribution in [3.8, 4) is 0 Å². The lowest BCUT2D eigenvalue weighted by Crippen LogP contribution is -1.95. The maximum Gasteiger partial charge on any atom is 0.155 e. The number of hydrogen-bond donors (Lipinski definition) is 0. The Morgan fingerprint density at radius 2 is 1.67 bits per heavy atom. The number of aldehydes is 1. The Morgan fingerprint density at radius 3 is 1.78 bits per heavy atom. The molecule has 0 bridgehead atoms. The molecule has 0 saturated carbocycles. The van der Waals surface area contributed by atoms with Crippen LogP contribution in [0.25, 0.3) is 0 Å². The molecule has 0 aliphatic heterocycles. The van der Waals surface area contributed by atoms with Crippen molar-refractivity contribution in [2.45, 2.75) is 20.8 Å². The van der Waals surface area contributed by atoms with Crippen molar-refractivity contribution in [2.24, 2.45) is 0 Å². The molecule has 0 aromatic heterocycles. The van der Waals surface area contributed by atoms with Crippen molar-refractivity contribution in [1.82, 2.24) is 0 Å². The zero-order valence-corrected chi connectivity index (χ0v) is 5.89. The van der Waals surface area contributed by atoms with Crippen molar-refractivity contribution in [3.05, 3.63) is 11.1 Å². The number of carbonyl (C=O) groups is 2. The van der Waals surface area contributed by atoms with Crippen LogP contribution in [0.3, 0.4) is 0 Å². The summed E-state index contributed by atoms with van der Waals surface area (Å²) in [6, 6.07) is 0. The van der Waals surface area contributed by atoms with Crippen molar-refractivity contribution < 1.29 is 9.59 Å². The highest BCUT2D eigenvalue weighted by Gasteiger charge is 1.98. The van der Waals surface area contributed by atoms with Gasteiger partial charge in [0.05, 0.1) is 0 Å². The maximum atomic E-state index is 10.5. The first-order chi connectivity index (χ1) is 4.09. The highest BCUT2D eigenvalue weighted by molar-refractivity contribution is 5.97. The Morgan fingerprint density at radius 1 is 1.22 bits per heavy atom. The van der Waals surface area contributed by atoms with Crippen LogP contribution >= 0.6 is 0 Å². The minimum atomic E-state index is -0.0420. The van der Waals surface area contributed by atoms with Crippen LogP contribution in [0.15, 0.2) is 11.1 Å². The zero-order valence-electron chi connectivity index (χ0n) is 5.89. The molecule has 0 aliphatic carbocycles. The van der Waals surface area contributed by atoms with E-state index in [0.717, 1.165) is 0 Å². The van der Waals surface area contributed by atoms with E-state index in [9.17, 15) is 9.59 Å². The Kier molecular flexibility index (Phi) is 2.85. The minimum Gasteiger partial charge on any atom is -0.298 e. The van der Waals surface area contributed by atoms with Gasteiger partial charge < -0.3 is 0 Å². The van der Waals surface area contributed by atoms with Gasteiger partial charge in [-0.3, -0.25) is 9.59 Å². The topological polar surface area (TPSA) is 34.1 Å². The third kappa shape index (κ3) is 2.22. The van der Waals surface area contributed by atoms with Crippen LogP contribution in [-0.4, -0.2) is 12.1 Å². The van der Waals surface area contributed by atoms with Gasteiger partial charge in [0.1, 0.15) is 6.29 Å². The molecule has 0 fully saturated rings. The average molecular weight is 126 g/mol. The molecule has 0 amide bonds. The second-order valence-electron chi connectivity index (χ2n) is 1.98. The predicted molar refractivity (Wildman–Crippen MR) is 35.1 cm³/mol. The standard InChI is InChI=1S/C7H10O2/c1-5(4-8)6(2)7(3)9/h4H,1-3H3. The lowest BCUT2D eigenvalue weighted by molar-refractivity contribution is -0.114. The molecule has 0 N–H and O–H groups in total. The van der Waals surface area contributed by atoms with Gasteiger partial charge in [-0.2, -0.15) is 0 Å². The van der Waals surface area contributed by atoms with E-state index in [1.165, 1.54) is 6.92 Å². The predicted octanol–water partition coefficient (Wildman–Crippen LogP) is 1.11. The van der Waals surface area contributed by atoms with Crippen molar-refractivity contribution in [2.75, 3.05) is 0 Å². The number of ketones is 1. The normalized spacial score (nSPS) is 12.3. The van der Waals surface area contributed by atoms with Gasteiger partial charge in [-0.15, -0.1) is 0 Å². The fourth-order valence-electron chi connectivity index (χ4n) is 0.366. The molecule has 0 aromatic carbocycles. The minimum absolute atomic E-state index is 0.0420. The van der Waals surface area contributed by atoms with Crippen LogP contribution in [0.4, 0.5) is 0 Å². The van der Waals surface area contributed by atoms with E-state index in [1.54, 1.807) is 13.8 Å². The first-order valence-electron chi connectivity index (χ1n) is 2.73. The second-order valence-corrected chi connectivity index (χ2v) is 1.98. The molecule has 50 valence electrons. The van der Waals surface area contributed by atoms with Gasteiger partial charge in [0.2, 0.25) is 0 Å². The highest BCUT2D eigenvalue weighted by Crippen LogP contribution is 1.99. The van der Waals surface area contributed by atoms with Crippen LogP contribution in [-0.2, 0) is 9.59 Å². The number of rotatable bonds is 2. The SMILES string of the molecule is CC(=O)C(C)=C(C)C=O. The molecule has 0 saturated heterocycles. The summed E-state index contributed by atoms with van der Waals surface area (Å²) in [6.07, 6.45) is 0.691. The summed E-state index contributed by atoms with van der Waals surface area (Å²) < 4.78 is 0. The van der Waals surface area contributed by atoms with Crippen molar-refractivity contribution in [1.29, 1.82) is 0 Å². The Bertz CT molecular complexity index is 166. The molecule has 0 atom stereocenters. The molecule has 0 heterocycles. The molecule has 2 heteroatoms. The van der Waals surface area contributed by atoms with Crippen molar-refractivity contribution >= 4 is 12.1 Å². The van der Waals surface area contributed by atoms with Gasteiger partial charge in [-0.25, -0.2) is 0 Å². The number of Topliss-reactive ketones (excluding diaryl/α,β-unsaturated/α-hetero) is 1. The van der Waals surface area contributed by atoms with E-state index >= 15 is 0 Å². The molecule has 9 heavy (non-hydrogen) atoms. The maximum absolute atomic E-state index is 10.5. The number of allylic oxidation sites excluding steroid dienone is 2. The van der Waals surface area contributed by atoms with Gasteiger partial charge in [0, 0.05) is 0 Å². The summed E-state index contributed by atoms with van der Waals surface area (Å²) >= 11 is 0. The Balaban J connectivity index is 4.47. The van der Waals surface area contributed by atoms with Gasteiger partial charge >= 0.3 is 0 Å². The first kappa shape index (κ1) is 8.08. The molecule has 0 aromatic rings. The summed E-state index contributed by atoms with van der Waals surface area (Å²) in [5, 5.41) is 0. The van der Waals surface area contributed by atoms with E-state index in [4.69, 9.17) is 0 Å². The van der Waals surface area contributed by atoms with E-state index in [1.807, 2.05) is 0 Å². The van der Waals surface area contributed by atoms with E-state index in [-0.39, 0.29) is 5.78 Å². The van der Waals surface area contributed by atoms with E-state index in [0.29, 0.717) is 17.4 Å². The number of hydrogen-bond acceptors (Lipinski definition) is 2. The molecule has 0 spiro atoms. The zero-order chi connectivity index (χ0) is 7.44. The molecular weight excluding hydrogens is 116 g/mol. The second kappa shape index (κ2) is 3.17. The average Bonchev–Trinajstić information content (AvgIpc) is 1.84. The first-order valence-corrected chi connectivity index (χ1v) is 2.73. The quantitative estimate of drug-likeness (QED) is 0.410. The summed E-state index contributed by atoms with van der Waals surface area (Å²) in [6.45, 7) is 4.72. The number of carbonyl (C=O) groups excluding carboxylic acids is 2. The van der Waals surface area contributed by atoms with Crippen LogP contribution < -0.4 is 0 Å².